The quantitative estimate of drug-likeness (QED) is 0.756. The highest BCUT2D eigenvalue weighted by Crippen LogP contribution is 2.08. The Kier molecular flexibility index (Phi) is 6.01. The van der Waals surface area contributed by atoms with Crippen LogP contribution >= 0.6 is 0 Å². The molecular weight excluding hydrogens is 306 g/mol. The molecule has 128 valence electrons. The zero-order valence-electron chi connectivity index (χ0n) is 14.0. The van der Waals surface area contributed by atoms with Gasteiger partial charge in [-0.25, -0.2) is 0 Å². The van der Waals surface area contributed by atoms with Crippen LogP contribution in [-0.4, -0.2) is 23.6 Å². The molecule has 0 aliphatic rings. The molecule has 1 amide bonds. The number of ether oxygens (including phenoxy) is 1. The predicted octanol–water partition coefficient (Wildman–Crippen LogP) is 1.63. The first-order valence-corrected chi connectivity index (χ1v) is 7.89. The second kappa shape index (κ2) is 8.19. The molecule has 0 fully saturated rings. The second-order valence-electron chi connectivity index (χ2n) is 6.03. The number of carbonyl (C=O) groups excluding carboxylic acids is 1. The average Bonchev–Trinajstić information content (AvgIpc) is 2.55. The molecule has 0 bridgehead atoms. The van der Waals surface area contributed by atoms with Gasteiger partial charge < -0.3 is 20.4 Å². The van der Waals surface area contributed by atoms with Gasteiger partial charge in [-0.05, 0) is 35.7 Å². The number of hydrogen-bond donors (Lipinski definition) is 2. The van der Waals surface area contributed by atoms with Crippen LogP contribution in [0.25, 0.3) is 0 Å². The number of nitrogen functional groups attached to an aromatic ring is 1. The van der Waals surface area contributed by atoms with Crippen molar-refractivity contribution in [2.75, 3.05) is 18.9 Å². The summed E-state index contributed by atoms with van der Waals surface area (Å²) >= 11 is 0. The van der Waals surface area contributed by atoms with E-state index in [2.05, 4.69) is 5.32 Å². The largest absolute Gasteiger partial charge is 0.478 e. The standard InChI is InChI=1S/C18H23N3O3/c1-13(2)10-20-17(22)12-24-16-4-3-9-21(18(16)23)11-14-5-7-15(19)8-6-14/h3-9,13H,10-12,19H2,1-2H3,(H,20,22). The number of hydrogen-bond acceptors (Lipinski definition) is 4. The summed E-state index contributed by atoms with van der Waals surface area (Å²) in [5.74, 6) is 0.285. The average molecular weight is 329 g/mol. The Hall–Kier alpha value is -2.76. The van der Waals surface area contributed by atoms with Crippen LogP contribution in [0.15, 0.2) is 47.4 Å². The molecule has 0 unspecified atom stereocenters. The molecule has 0 aliphatic carbocycles. The minimum atomic E-state index is -0.272. The number of anilines is 1. The molecule has 0 atom stereocenters. The Labute approximate surface area is 141 Å². The van der Waals surface area contributed by atoms with Gasteiger partial charge in [-0.3, -0.25) is 9.59 Å². The SMILES string of the molecule is CC(C)CNC(=O)COc1cccn(Cc2ccc(N)cc2)c1=O. The molecule has 1 heterocycles. The van der Waals surface area contributed by atoms with E-state index in [4.69, 9.17) is 10.5 Å². The van der Waals surface area contributed by atoms with Gasteiger partial charge in [0.2, 0.25) is 0 Å². The van der Waals surface area contributed by atoms with Crippen LogP contribution in [0.1, 0.15) is 19.4 Å². The summed E-state index contributed by atoms with van der Waals surface area (Å²) in [5.41, 5.74) is 7.02. The van der Waals surface area contributed by atoms with Crippen LogP contribution in [-0.2, 0) is 11.3 Å². The maximum atomic E-state index is 12.4. The third kappa shape index (κ3) is 5.15. The number of rotatable bonds is 7. The van der Waals surface area contributed by atoms with Gasteiger partial charge in [-0.2, -0.15) is 0 Å². The molecule has 0 saturated heterocycles. The highest BCUT2D eigenvalue weighted by Gasteiger charge is 2.08. The van der Waals surface area contributed by atoms with Crippen molar-refractivity contribution in [3.05, 3.63) is 58.5 Å². The van der Waals surface area contributed by atoms with Gasteiger partial charge >= 0.3 is 0 Å². The lowest BCUT2D eigenvalue weighted by molar-refractivity contribution is -0.123. The van der Waals surface area contributed by atoms with Crippen LogP contribution < -0.4 is 21.3 Å². The van der Waals surface area contributed by atoms with Gasteiger partial charge in [0.15, 0.2) is 12.4 Å². The molecule has 2 aromatic rings. The summed E-state index contributed by atoms with van der Waals surface area (Å²) in [6.45, 7) is 4.84. The minimum absolute atomic E-state index is 0.160. The number of nitrogens with two attached hydrogens (primary N) is 1. The minimum Gasteiger partial charge on any atom is -0.478 e. The van der Waals surface area contributed by atoms with E-state index >= 15 is 0 Å². The van der Waals surface area contributed by atoms with Crippen LogP contribution in [0.2, 0.25) is 0 Å². The highest BCUT2D eigenvalue weighted by atomic mass is 16.5. The van der Waals surface area contributed by atoms with Gasteiger partial charge in [0.25, 0.3) is 11.5 Å². The first-order valence-electron chi connectivity index (χ1n) is 7.89. The molecular formula is C18H23N3O3. The lowest BCUT2D eigenvalue weighted by atomic mass is 10.2. The van der Waals surface area contributed by atoms with Crippen molar-refractivity contribution < 1.29 is 9.53 Å². The Balaban J connectivity index is 2.01. The molecule has 0 spiro atoms. The Bertz CT molecular complexity index is 736. The number of pyridine rings is 1. The van der Waals surface area contributed by atoms with Crippen molar-refractivity contribution in [2.45, 2.75) is 20.4 Å². The van der Waals surface area contributed by atoms with Gasteiger partial charge in [0.1, 0.15) is 0 Å². The molecule has 0 radical (unpaired) electrons. The van der Waals surface area contributed by atoms with Gasteiger partial charge in [0.05, 0.1) is 6.54 Å². The van der Waals surface area contributed by atoms with Gasteiger partial charge in [-0.15, -0.1) is 0 Å². The fourth-order valence-electron chi connectivity index (χ4n) is 2.08. The van der Waals surface area contributed by atoms with Crippen molar-refractivity contribution >= 4 is 11.6 Å². The Morgan fingerprint density at radius 1 is 1.25 bits per heavy atom. The first-order chi connectivity index (χ1) is 11.5. The molecule has 6 nitrogen and oxygen atoms in total. The van der Waals surface area contributed by atoms with Crippen molar-refractivity contribution in [2.24, 2.45) is 5.92 Å². The maximum absolute atomic E-state index is 12.4. The summed E-state index contributed by atoms with van der Waals surface area (Å²) < 4.78 is 6.90. The second-order valence-corrected chi connectivity index (χ2v) is 6.03. The zero-order valence-corrected chi connectivity index (χ0v) is 14.0. The third-order valence-electron chi connectivity index (χ3n) is 3.38. The van der Waals surface area contributed by atoms with Gasteiger partial charge in [-0.1, -0.05) is 26.0 Å². The number of nitrogens with zero attached hydrogens (tertiary/aromatic N) is 1. The molecule has 1 aromatic carbocycles. The van der Waals surface area contributed by atoms with E-state index in [0.717, 1.165) is 5.56 Å². The zero-order chi connectivity index (χ0) is 17.5. The number of amides is 1. The van der Waals surface area contributed by atoms with E-state index < -0.39 is 0 Å². The summed E-state index contributed by atoms with van der Waals surface area (Å²) in [7, 11) is 0. The van der Waals surface area contributed by atoms with Crippen LogP contribution in [0, 0.1) is 5.92 Å². The third-order valence-corrected chi connectivity index (χ3v) is 3.38. The van der Waals surface area contributed by atoms with Crippen molar-refractivity contribution in [1.29, 1.82) is 0 Å². The summed E-state index contributed by atoms with van der Waals surface area (Å²) in [6, 6.07) is 10.6. The summed E-state index contributed by atoms with van der Waals surface area (Å²) in [4.78, 5) is 24.1. The topological polar surface area (TPSA) is 86.3 Å². The normalized spacial score (nSPS) is 10.6. The van der Waals surface area contributed by atoms with Crippen LogP contribution in [0.5, 0.6) is 5.75 Å². The molecule has 1 aromatic heterocycles. The molecule has 0 saturated carbocycles. The van der Waals surface area contributed by atoms with Gasteiger partial charge in [0, 0.05) is 18.4 Å². The Morgan fingerprint density at radius 2 is 1.96 bits per heavy atom. The number of nitrogens with one attached hydrogen (secondary N) is 1. The smallest absolute Gasteiger partial charge is 0.293 e. The van der Waals surface area contributed by atoms with E-state index in [9.17, 15) is 9.59 Å². The first kappa shape index (κ1) is 17.6. The van der Waals surface area contributed by atoms with E-state index in [1.165, 1.54) is 4.57 Å². The number of aromatic nitrogens is 1. The summed E-state index contributed by atoms with van der Waals surface area (Å²) in [6.07, 6.45) is 1.68. The lowest BCUT2D eigenvalue weighted by Crippen LogP contribution is -2.33. The van der Waals surface area contributed by atoms with Crippen LogP contribution in [0.3, 0.4) is 0 Å². The molecule has 2 rings (SSSR count). The monoisotopic (exact) mass is 329 g/mol. The fraction of sp³-hybridized carbons (Fsp3) is 0.333. The van der Waals surface area contributed by atoms with Crippen LogP contribution in [0.4, 0.5) is 5.69 Å². The molecule has 24 heavy (non-hydrogen) atoms. The van der Waals surface area contributed by atoms with Crippen molar-refractivity contribution in [1.82, 2.24) is 9.88 Å². The summed E-state index contributed by atoms with van der Waals surface area (Å²) in [5, 5.41) is 2.75. The maximum Gasteiger partial charge on any atom is 0.293 e. The molecule has 0 aliphatic heterocycles. The van der Waals surface area contributed by atoms with Crippen molar-refractivity contribution in [3.63, 3.8) is 0 Å². The fourth-order valence-corrected chi connectivity index (χ4v) is 2.08. The van der Waals surface area contributed by atoms with E-state index in [1.807, 2.05) is 26.0 Å². The molecule has 6 heteroatoms. The Morgan fingerprint density at radius 3 is 2.62 bits per heavy atom. The number of carbonyl (C=O) groups is 1. The highest BCUT2D eigenvalue weighted by molar-refractivity contribution is 5.77. The molecule has 3 N–H and O–H groups in total. The lowest BCUT2D eigenvalue weighted by Gasteiger charge is -2.11. The van der Waals surface area contributed by atoms with E-state index in [1.54, 1.807) is 30.5 Å². The van der Waals surface area contributed by atoms with E-state index in [-0.39, 0.29) is 23.8 Å². The van der Waals surface area contributed by atoms with E-state index in [0.29, 0.717) is 24.7 Å². The number of benzene rings is 1. The van der Waals surface area contributed by atoms with Crippen molar-refractivity contribution in [3.8, 4) is 5.75 Å². The predicted molar refractivity (Wildman–Crippen MR) is 94.0 cm³/mol.